The van der Waals surface area contributed by atoms with E-state index in [1.165, 1.54) is 24.8 Å². The maximum absolute atomic E-state index is 6.25. The van der Waals surface area contributed by atoms with E-state index in [0.717, 1.165) is 38.4 Å². The van der Waals surface area contributed by atoms with Gasteiger partial charge in [0, 0.05) is 19.1 Å². The molecule has 1 aliphatic heterocycles. The van der Waals surface area contributed by atoms with Gasteiger partial charge in [0.05, 0.1) is 0 Å². The van der Waals surface area contributed by atoms with Gasteiger partial charge in [-0.15, -0.1) is 11.6 Å². The summed E-state index contributed by atoms with van der Waals surface area (Å²) < 4.78 is 5.48. The first-order chi connectivity index (χ1) is 8.81. The molecule has 1 fully saturated rings. The van der Waals surface area contributed by atoms with E-state index in [2.05, 4.69) is 18.2 Å². The van der Waals surface area contributed by atoms with Crippen LogP contribution in [0.3, 0.4) is 0 Å². The smallest absolute Gasteiger partial charge is 0.0471 e. The van der Waals surface area contributed by atoms with Crippen molar-refractivity contribution in [2.45, 2.75) is 38.5 Å². The summed E-state index contributed by atoms with van der Waals surface area (Å²) in [6.07, 6.45) is 7.19. The second-order valence-corrected chi connectivity index (χ2v) is 6.15. The molecule has 1 nitrogen and oxygen atoms in total. The van der Waals surface area contributed by atoms with Gasteiger partial charge in [-0.2, -0.15) is 0 Å². The number of hydrogen-bond acceptors (Lipinski definition) is 1. The Morgan fingerprint density at radius 1 is 1.11 bits per heavy atom. The van der Waals surface area contributed by atoms with Crippen LogP contribution in [-0.2, 0) is 24.0 Å². The quantitative estimate of drug-likeness (QED) is 0.756. The van der Waals surface area contributed by atoms with Crippen molar-refractivity contribution < 1.29 is 4.74 Å². The van der Waals surface area contributed by atoms with E-state index in [9.17, 15) is 0 Å². The van der Waals surface area contributed by atoms with Crippen LogP contribution in [0.5, 0.6) is 0 Å². The summed E-state index contributed by atoms with van der Waals surface area (Å²) in [5, 5.41) is 0. The van der Waals surface area contributed by atoms with Gasteiger partial charge in [-0.3, -0.25) is 0 Å². The van der Waals surface area contributed by atoms with Gasteiger partial charge < -0.3 is 4.74 Å². The summed E-state index contributed by atoms with van der Waals surface area (Å²) in [7, 11) is 0. The molecule has 0 radical (unpaired) electrons. The Hall–Kier alpha value is -0.530. The van der Waals surface area contributed by atoms with Crippen molar-refractivity contribution in [1.29, 1.82) is 0 Å². The van der Waals surface area contributed by atoms with Gasteiger partial charge in [0.2, 0.25) is 0 Å². The second kappa shape index (κ2) is 5.22. The summed E-state index contributed by atoms with van der Waals surface area (Å²) in [5.41, 5.74) is 4.88. The SMILES string of the molecule is ClCC1(Cc2ccc3c(c2)CCC3)CCOCC1. The van der Waals surface area contributed by atoms with Crippen molar-refractivity contribution in [3.8, 4) is 0 Å². The van der Waals surface area contributed by atoms with E-state index in [0.29, 0.717) is 0 Å². The highest BCUT2D eigenvalue weighted by Gasteiger charge is 2.32. The standard InChI is InChI=1S/C16H21ClO/c17-12-16(6-8-18-9-7-16)11-13-4-5-14-2-1-3-15(14)10-13/h4-5,10H,1-3,6-9,11-12H2. The van der Waals surface area contributed by atoms with Gasteiger partial charge in [0.1, 0.15) is 0 Å². The van der Waals surface area contributed by atoms with E-state index in [-0.39, 0.29) is 5.41 Å². The number of benzene rings is 1. The minimum Gasteiger partial charge on any atom is -0.381 e. The van der Waals surface area contributed by atoms with Crippen LogP contribution >= 0.6 is 11.6 Å². The van der Waals surface area contributed by atoms with Gasteiger partial charge in [0.25, 0.3) is 0 Å². The molecule has 1 aromatic rings. The van der Waals surface area contributed by atoms with Crippen molar-refractivity contribution in [1.82, 2.24) is 0 Å². The molecule has 1 aliphatic carbocycles. The fourth-order valence-electron chi connectivity index (χ4n) is 3.33. The minimum absolute atomic E-state index is 0.270. The van der Waals surface area contributed by atoms with E-state index in [1.54, 1.807) is 11.1 Å². The molecule has 3 rings (SSSR count). The van der Waals surface area contributed by atoms with Crippen molar-refractivity contribution in [2.75, 3.05) is 19.1 Å². The van der Waals surface area contributed by atoms with E-state index in [4.69, 9.17) is 16.3 Å². The van der Waals surface area contributed by atoms with Crippen LogP contribution in [0.1, 0.15) is 36.0 Å². The Labute approximate surface area is 114 Å². The van der Waals surface area contributed by atoms with Crippen LogP contribution in [0.25, 0.3) is 0 Å². The van der Waals surface area contributed by atoms with Crippen molar-refractivity contribution in [3.05, 3.63) is 34.9 Å². The number of ether oxygens (including phenoxy) is 1. The summed E-state index contributed by atoms with van der Waals surface area (Å²) in [5.74, 6) is 0.757. The molecule has 0 saturated carbocycles. The van der Waals surface area contributed by atoms with Crippen LogP contribution in [-0.4, -0.2) is 19.1 Å². The highest BCUT2D eigenvalue weighted by atomic mass is 35.5. The summed E-state index contributed by atoms with van der Waals surface area (Å²) in [6, 6.07) is 7.07. The molecule has 18 heavy (non-hydrogen) atoms. The molecule has 0 amide bonds. The lowest BCUT2D eigenvalue weighted by Gasteiger charge is -2.35. The van der Waals surface area contributed by atoms with Crippen molar-refractivity contribution in [2.24, 2.45) is 5.41 Å². The highest BCUT2D eigenvalue weighted by molar-refractivity contribution is 6.18. The van der Waals surface area contributed by atoms with E-state index in [1.807, 2.05) is 0 Å². The minimum atomic E-state index is 0.270. The number of hydrogen-bond donors (Lipinski definition) is 0. The summed E-state index contributed by atoms with van der Waals surface area (Å²) in [4.78, 5) is 0. The zero-order valence-corrected chi connectivity index (χ0v) is 11.6. The molecule has 0 unspecified atom stereocenters. The molecule has 0 N–H and O–H groups in total. The molecule has 2 heteroatoms. The lowest BCUT2D eigenvalue weighted by Crippen LogP contribution is -2.33. The molecule has 98 valence electrons. The number of fused-ring (bicyclic) bond motifs is 1. The normalized spacial score (nSPS) is 21.8. The summed E-state index contributed by atoms with van der Waals surface area (Å²) in [6.45, 7) is 1.75. The molecule has 1 aromatic carbocycles. The van der Waals surface area contributed by atoms with Gasteiger partial charge in [-0.25, -0.2) is 0 Å². The Bertz CT molecular complexity index is 421. The van der Waals surface area contributed by atoms with Crippen LogP contribution in [0, 0.1) is 5.41 Å². The fraction of sp³-hybridized carbons (Fsp3) is 0.625. The van der Waals surface area contributed by atoms with Gasteiger partial charge in [-0.05, 0) is 60.6 Å². The number of rotatable bonds is 3. The first kappa shape index (κ1) is 12.5. The van der Waals surface area contributed by atoms with Crippen LogP contribution in [0.2, 0.25) is 0 Å². The average Bonchev–Trinajstić information content (AvgIpc) is 2.87. The third-order valence-electron chi connectivity index (χ3n) is 4.58. The zero-order chi connectivity index (χ0) is 12.4. The maximum Gasteiger partial charge on any atom is 0.0471 e. The van der Waals surface area contributed by atoms with Gasteiger partial charge >= 0.3 is 0 Å². The monoisotopic (exact) mass is 264 g/mol. The third kappa shape index (κ3) is 2.44. The Morgan fingerprint density at radius 2 is 1.89 bits per heavy atom. The molecule has 1 heterocycles. The summed E-state index contributed by atoms with van der Waals surface area (Å²) >= 11 is 6.25. The molecule has 0 bridgehead atoms. The Kier molecular flexibility index (Phi) is 3.63. The molecular weight excluding hydrogens is 244 g/mol. The lowest BCUT2D eigenvalue weighted by molar-refractivity contribution is 0.0258. The largest absolute Gasteiger partial charge is 0.381 e. The third-order valence-corrected chi connectivity index (χ3v) is 5.15. The van der Waals surface area contributed by atoms with Gasteiger partial charge in [0.15, 0.2) is 0 Å². The van der Waals surface area contributed by atoms with Crippen LogP contribution in [0.15, 0.2) is 18.2 Å². The Morgan fingerprint density at radius 3 is 2.67 bits per heavy atom. The van der Waals surface area contributed by atoms with Crippen LogP contribution in [0.4, 0.5) is 0 Å². The highest BCUT2D eigenvalue weighted by Crippen LogP contribution is 2.36. The first-order valence-electron chi connectivity index (χ1n) is 7.06. The number of aryl methyl sites for hydroxylation is 2. The van der Waals surface area contributed by atoms with Crippen LogP contribution < -0.4 is 0 Å². The molecule has 0 spiro atoms. The number of alkyl halides is 1. The molecule has 1 saturated heterocycles. The fourth-order valence-corrected chi connectivity index (χ4v) is 3.69. The molecule has 0 atom stereocenters. The zero-order valence-electron chi connectivity index (χ0n) is 10.9. The predicted octanol–water partition coefficient (Wildman–Crippen LogP) is 3.75. The van der Waals surface area contributed by atoms with Crippen molar-refractivity contribution >= 4 is 11.6 Å². The topological polar surface area (TPSA) is 9.23 Å². The maximum atomic E-state index is 6.25. The van der Waals surface area contributed by atoms with Gasteiger partial charge in [-0.1, -0.05) is 18.2 Å². The average molecular weight is 265 g/mol. The predicted molar refractivity (Wildman–Crippen MR) is 75.4 cm³/mol. The molecule has 0 aromatic heterocycles. The van der Waals surface area contributed by atoms with E-state index >= 15 is 0 Å². The number of halogens is 1. The Balaban J connectivity index is 1.78. The molecular formula is C16H21ClO. The van der Waals surface area contributed by atoms with Crippen molar-refractivity contribution in [3.63, 3.8) is 0 Å². The first-order valence-corrected chi connectivity index (χ1v) is 7.59. The van der Waals surface area contributed by atoms with E-state index < -0.39 is 0 Å². The lowest BCUT2D eigenvalue weighted by atomic mass is 9.76. The second-order valence-electron chi connectivity index (χ2n) is 5.88. The molecule has 2 aliphatic rings.